The minimum absolute atomic E-state index is 0.0263. The molecule has 1 aliphatic rings. The highest BCUT2D eigenvalue weighted by Crippen LogP contribution is 2.31. The molecule has 7 heteroatoms. The second kappa shape index (κ2) is 9.47. The van der Waals surface area contributed by atoms with Gasteiger partial charge in [0, 0.05) is 11.3 Å². The van der Waals surface area contributed by atoms with Gasteiger partial charge in [-0.25, -0.2) is 4.99 Å². The molecule has 2 amide bonds. The van der Waals surface area contributed by atoms with Crippen LogP contribution in [0.3, 0.4) is 0 Å². The fraction of sp³-hybridized carbons (Fsp3) is 0.333. The van der Waals surface area contributed by atoms with Gasteiger partial charge in [-0.1, -0.05) is 43.3 Å². The maximum absolute atomic E-state index is 13.0. The van der Waals surface area contributed by atoms with Crippen molar-refractivity contribution < 1.29 is 14.4 Å². The highest BCUT2D eigenvalue weighted by Gasteiger charge is 2.38. The first kappa shape index (κ1) is 22.7. The molecule has 1 heterocycles. The van der Waals surface area contributed by atoms with Gasteiger partial charge in [-0.15, -0.1) is 0 Å². The van der Waals surface area contributed by atoms with Crippen LogP contribution in [0.4, 0.5) is 11.4 Å². The third-order valence-corrected chi connectivity index (χ3v) is 6.11. The highest BCUT2D eigenvalue weighted by molar-refractivity contribution is 8.15. The number of nitrogens with one attached hydrogen (secondary N) is 1. The van der Waals surface area contributed by atoms with E-state index in [-0.39, 0.29) is 23.5 Å². The van der Waals surface area contributed by atoms with Crippen molar-refractivity contribution in [1.29, 1.82) is 0 Å². The Hall–Kier alpha value is -2.93. The summed E-state index contributed by atoms with van der Waals surface area (Å²) in [6.07, 6.45) is 0. The number of benzene rings is 2. The predicted molar refractivity (Wildman–Crippen MR) is 127 cm³/mol. The van der Waals surface area contributed by atoms with Crippen molar-refractivity contribution in [3.05, 3.63) is 59.7 Å². The largest absolute Gasteiger partial charge is 0.325 e. The summed E-state index contributed by atoms with van der Waals surface area (Å²) < 4.78 is 0. The molecule has 0 saturated heterocycles. The Morgan fingerprint density at radius 1 is 1.03 bits per heavy atom. The van der Waals surface area contributed by atoms with Crippen LogP contribution in [-0.2, 0) is 9.59 Å². The Morgan fingerprint density at radius 2 is 1.65 bits per heavy atom. The van der Waals surface area contributed by atoms with Crippen molar-refractivity contribution >= 4 is 45.9 Å². The number of rotatable bonds is 6. The molecule has 0 unspecified atom stereocenters. The molecule has 0 bridgehead atoms. The SMILES string of the molecule is CC(=O)c1ccc(NC(=O)[C@H](C)SC2=N[C@H](C(C)C)C(=O)N2c2ccc(C)cc2)cc1. The third kappa shape index (κ3) is 5.22. The number of aryl methyl sites for hydroxylation is 1. The van der Waals surface area contributed by atoms with Gasteiger partial charge in [-0.05, 0) is 63.1 Å². The van der Waals surface area contributed by atoms with Crippen LogP contribution in [0, 0.1) is 12.8 Å². The summed E-state index contributed by atoms with van der Waals surface area (Å²) in [6, 6.07) is 14.0. The zero-order valence-corrected chi connectivity index (χ0v) is 19.2. The minimum Gasteiger partial charge on any atom is -0.325 e. The maximum atomic E-state index is 13.0. The van der Waals surface area contributed by atoms with Gasteiger partial charge in [0.1, 0.15) is 6.04 Å². The second-order valence-corrected chi connectivity index (χ2v) is 9.30. The summed E-state index contributed by atoms with van der Waals surface area (Å²) in [5.41, 5.74) is 3.05. The van der Waals surface area contributed by atoms with Crippen LogP contribution >= 0.6 is 11.8 Å². The third-order valence-electron chi connectivity index (χ3n) is 5.05. The summed E-state index contributed by atoms with van der Waals surface area (Å²) in [6.45, 7) is 9.21. The average molecular weight is 438 g/mol. The number of carbonyl (C=O) groups excluding carboxylic acids is 3. The van der Waals surface area contributed by atoms with Crippen molar-refractivity contribution in [2.24, 2.45) is 10.9 Å². The van der Waals surface area contributed by atoms with Crippen molar-refractivity contribution in [3.8, 4) is 0 Å². The van der Waals surface area contributed by atoms with E-state index in [0.29, 0.717) is 16.4 Å². The summed E-state index contributed by atoms with van der Waals surface area (Å²) in [7, 11) is 0. The number of hydrogen-bond donors (Lipinski definition) is 1. The van der Waals surface area contributed by atoms with Gasteiger partial charge < -0.3 is 5.32 Å². The predicted octanol–water partition coefficient (Wildman–Crippen LogP) is 4.69. The van der Waals surface area contributed by atoms with E-state index in [2.05, 4.69) is 10.3 Å². The first-order valence-electron chi connectivity index (χ1n) is 10.2. The lowest BCUT2D eigenvalue weighted by atomic mass is 10.0. The van der Waals surface area contributed by atoms with E-state index in [9.17, 15) is 14.4 Å². The number of nitrogens with zero attached hydrogens (tertiary/aromatic N) is 2. The van der Waals surface area contributed by atoms with E-state index in [0.717, 1.165) is 11.3 Å². The van der Waals surface area contributed by atoms with Crippen molar-refractivity contribution in [2.75, 3.05) is 10.2 Å². The van der Waals surface area contributed by atoms with Gasteiger partial charge in [-0.3, -0.25) is 19.3 Å². The van der Waals surface area contributed by atoms with Gasteiger partial charge in [0.25, 0.3) is 5.91 Å². The molecular formula is C24H27N3O3S. The number of ketones is 1. The number of carbonyl (C=O) groups is 3. The van der Waals surface area contributed by atoms with Gasteiger partial charge in [-0.2, -0.15) is 0 Å². The van der Waals surface area contributed by atoms with Crippen LogP contribution < -0.4 is 10.2 Å². The molecule has 162 valence electrons. The summed E-state index contributed by atoms with van der Waals surface area (Å²) in [5.74, 6) is -0.245. The molecule has 0 spiro atoms. The van der Waals surface area contributed by atoms with Crippen LogP contribution in [-0.4, -0.2) is 34.1 Å². The van der Waals surface area contributed by atoms with Crippen LogP contribution in [0.2, 0.25) is 0 Å². The Kier molecular flexibility index (Phi) is 6.95. The van der Waals surface area contributed by atoms with Crippen molar-refractivity contribution in [3.63, 3.8) is 0 Å². The standard InChI is InChI=1S/C24H27N3O3S/c1-14(2)21-23(30)27(20-12-6-15(3)7-13-20)24(26-21)31-17(5)22(29)25-19-10-8-18(9-11-19)16(4)28/h6-14,17,21H,1-5H3,(H,25,29)/t17-,21+/m0/s1. The monoisotopic (exact) mass is 437 g/mol. The summed E-state index contributed by atoms with van der Waals surface area (Å²) in [5, 5.41) is 2.92. The number of anilines is 2. The van der Waals surface area contributed by atoms with Crippen LogP contribution in [0.1, 0.15) is 43.6 Å². The quantitative estimate of drug-likeness (QED) is 0.665. The average Bonchev–Trinajstić information content (AvgIpc) is 3.05. The zero-order chi connectivity index (χ0) is 22.7. The molecule has 1 aliphatic heterocycles. The Bertz CT molecular complexity index is 1010. The van der Waals surface area contributed by atoms with Gasteiger partial charge in [0.15, 0.2) is 11.0 Å². The number of Topliss-reactive ketones (excluding diaryl/α,β-unsaturated/α-hetero) is 1. The molecule has 0 saturated carbocycles. The van der Waals surface area contributed by atoms with Crippen LogP contribution in [0.25, 0.3) is 0 Å². The smallest absolute Gasteiger partial charge is 0.258 e. The number of aliphatic imine (C=N–C) groups is 1. The number of thioether (sulfide) groups is 1. The Labute approximate surface area is 187 Å². The van der Waals surface area contributed by atoms with Gasteiger partial charge >= 0.3 is 0 Å². The Balaban J connectivity index is 1.76. The van der Waals surface area contributed by atoms with Crippen LogP contribution in [0.5, 0.6) is 0 Å². The lowest BCUT2D eigenvalue weighted by Gasteiger charge is -2.21. The number of amides is 2. The molecule has 6 nitrogen and oxygen atoms in total. The fourth-order valence-electron chi connectivity index (χ4n) is 3.15. The van der Waals surface area contributed by atoms with E-state index >= 15 is 0 Å². The van der Waals surface area contributed by atoms with E-state index in [4.69, 9.17) is 0 Å². The molecule has 31 heavy (non-hydrogen) atoms. The maximum Gasteiger partial charge on any atom is 0.258 e. The van der Waals surface area contributed by atoms with Crippen LogP contribution in [0.15, 0.2) is 53.5 Å². The van der Waals surface area contributed by atoms with E-state index < -0.39 is 11.3 Å². The number of hydrogen-bond acceptors (Lipinski definition) is 5. The van der Waals surface area contributed by atoms with Crippen molar-refractivity contribution in [2.45, 2.75) is 45.9 Å². The summed E-state index contributed by atoms with van der Waals surface area (Å²) >= 11 is 1.26. The zero-order valence-electron chi connectivity index (χ0n) is 18.4. The molecule has 0 aliphatic carbocycles. The second-order valence-electron chi connectivity index (χ2n) is 7.99. The summed E-state index contributed by atoms with van der Waals surface area (Å²) in [4.78, 5) is 43.5. The fourth-order valence-corrected chi connectivity index (χ4v) is 4.11. The molecular weight excluding hydrogens is 410 g/mol. The minimum atomic E-state index is -0.474. The molecule has 3 rings (SSSR count). The van der Waals surface area contributed by atoms with E-state index in [1.807, 2.05) is 45.0 Å². The first-order chi connectivity index (χ1) is 14.7. The van der Waals surface area contributed by atoms with Gasteiger partial charge in [0.05, 0.1) is 10.9 Å². The van der Waals surface area contributed by atoms with E-state index in [1.54, 1.807) is 36.1 Å². The molecule has 2 aromatic rings. The van der Waals surface area contributed by atoms with Crippen molar-refractivity contribution in [1.82, 2.24) is 0 Å². The lowest BCUT2D eigenvalue weighted by molar-refractivity contribution is -0.119. The molecule has 2 atom stereocenters. The van der Waals surface area contributed by atoms with E-state index in [1.165, 1.54) is 18.7 Å². The Morgan fingerprint density at radius 3 is 2.19 bits per heavy atom. The molecule has 1 N–H and O–H groups in total. The molecule has 0 aromatic heterocycles. The first-order valence-corrected chi connectivity index (χ1v) is 11.1. The lowest BCUT2D eigenvalue weighted by Crippen LogP contribution is -2.37. The number of amidine groups is 1. The molecule has 0 fully saturated rings. The normalized spacial score (nSPS) is 17.0. The highest BCUT2D eigenvalue weighted by atomic mass is 32.2. The van der Waals surface area contributed by atoms with Gasteiger partial charge in [0.2, 0.25) is 5.91 Å². The topological polar surface area (TPSA) is 78.8 Å². The molecule has 2 aromatic carbocycles. The molecule has 0 radical (unpaired) electrons.